The van der Waals surface area contributed by atoms with Crippen molar-refractivity contribution in [3.63, 3.8) is 0 Å². The first-order valence-electron chi connectivity index (χ1n) is 3.83. The maximum Gasteiger partial charge on any atom is 0.303 e. The van der Waals surface area contributed by atoms with Crippen molar-refractivity contribution in [2.45, 2.75) is 12.8 Å². The lowest BCUT2D eigenvalue weighted by Gasteiger charge is -2.03. The zero-order chi connectivity index (χ0) is 9.68. The van der Waals surface area contributed by atoms with E-state index in [1.807, 2.05) is 0 Å². The highest BCUT2D eigenvalue weighted by Crippen LogP contribution is 1.91. The molecule has 0 unspecified atom stereocenters. The van der Waals surface area contributed by atoms with E-state index < -0.39 is 5.97 Å². The third-order valence-electron chi connectivity index (χ3n) is 1.42. The number of carbonyl (C=O) groups is 2. The quantitative estimate of drug-likeness (QED) is 0.709. The molecule has 5 heteroatoms. The summed E-state index contributed by atoms with van der Waals surface area (Å²) in [4.78, 5) is 21.1. The molecule has 0 radical (unpaired) electrons. The van der Waals surface area contributed by atoms with Crippen molar-refractivity contribution in [3.8, 4) is 0 Å². The molecule has 13 heavy (non-hydrogen) atoms. The molecule has 0 aromatic carbocycles. The van der Waals surface area contributed by atoms with Gasteiger partial charge in [-0.3, -0.25) is 19.7 Å². The second-order valence-electron chi connectivity index (χ2n) is 2.52. The molecule has 0 aliphatic carbocycles. The maximum atomic E-state index is 11.0. The average Bonchev–Trinajstić information content (AvgIpc) is 2.53. The van der Waals surface area contributed by atoms with E-state index in [0.717, 1.165) is 0 Å². The largest absolute Gasteiger partial charge is 0.481 e. The maximum absolute atomic E-state index is 11.0. The summed E-state index contributed by atoms with van der Waals surface area (Å²) in [6, 6.07) is 3.52. The minimum Gasteiger partial charge on any atom is -0.481 e. The van der Waals surface area contributed by atoms with Gasteiger partial charge in [0.25, 0.3) is 0 Å². The van der Waals surface area contributed by atoms with E-state index in [0.29, 0.717) is 0 Å². The normalized spacial score (nSPS) is 9.54. The van der Waals surface area contributed by atoms with Crippen LogP contribution >= 0.6 is 0 Å². The van der Waals surface area contributed by atoms with Crippen molar-refractivity contribution in [2.24, 2.45) is 0 Å². The molecule has 1 rings (SSSR count). The number of amides is 1. The van der Waals surface area contributed by atoms with Gasteiger partial charge in [-0.25, -0.2) is 0 Å². The number of hydrogen-bond donors (Lipinski definition) is 2. The van der Waals surface area contributed by atoms with Crippen molar-refractivity contribution < 1.29 is 14.7 Å². The highest BCUT2D eigenvalue weighted by Gasteiger charge is 2.04. The molecule has 0 aliphatic heterocycles. The van der Waals surface area contributed by atoms with E-state index >= 15 is 0 Å². The van der Waals surface area contributed by atoms with Gasteiger partial charge in [0.05, 0.1) is 6.42 Å². The molecule has 0 fully saturated rings. The zero-order valence-corrected chi connectivity index (χ0v) is 6.93. The van der Waals surface area contributed by atoms with E-state index in [9.17, 15) is 9.59 Å². The number of carboxylic acid groups (broad SMARTS) is 1. The fourth-order valence-electron chi connectivity index (χ4n) is 0.829. The van der Waals surface area contributed by atoms with Crippen molar-refractivity contribution >= 4 is 11.9 Å². The predicted octanol–water partition coefficient (Wildman–Crippen LogP) is 0.423. The minimum atomic E-state index is -0.970. The number of nitrogens with one attached hydrogen (secondary N) is 1. The molecule has 0 atom stereocenters. The van der Waals surface area contributed by atoms with Gasteiger partial charge in [0.1, 0.15) is 0 Å². The lowest BCUT2D eigenvalue weighted by molar-refractivity contribution is -0.138. The van der Waals surface area contributed by atoms with Gasteiger partial charge in [0.15, 0.2) is 0 Å². The predicted molar refractivity (Wildman–Crippen MR) is 45.7 cm³/mol. The summed E-state index contributed by atoms with van der Waals surface area (Å²) in [6.07, 6.45) is 3.18. The molecule has 1 aromatic rings. The molecule has 70 valence electrons. The number of nitrogens with zero attached hydrogens (tertiary/aromatic N) is 1. The molecule has 0 saturated heterocycles. The number of rotatable bonds is 4. The smallest absolute Gasteiger partial charge is 0.303 e. The van der Waals surface area contributed by atoms with Crippen LogP contribution in [0.5, 0.6) is 0 Å². The van der Waals surface area contributed by atoms with E-state index in [1.165, 1.54) is 4.68 Å². The molecule has 0 bridgehead atoms. The lowest BCUT2D eigenvalue weighted by Crippen LogP contribution is -2.21. The van der Waals surface area contributed by atoms with Crippen LogP contribution in [0.2, 0.25) is 0 Å². The minimum absolute atomic E-state index is 0.00644. The van der Waals surface area contributed by atoms with Gasteiger partial charge in [-0.15, -0.1) is 0 Å². The van der Waals surface area contributed by atoms with Gasteiger partial charge < -0.3 is 5.11 Å². The first-order chi connectivity index (χ1) is 6.18. The Morgan fingerprint density at radius 1 is 1.23 bits per heavy atom. The summed E-state index contributed by atoms with van der Waals surface area (Å²) in [6.45, 7) is 0. The van der Waals surface area contributed by atoms with Crippen LogP contribution < -0.4 is 5.43 Å². The summed E-state index contributed by atoms with van der Waals surface area (Å²) < 4.78 is 1.48. The number of aromatic nitrogens is 1. The Morgan fingerprint density at radius 2 is 1.85 bits per heavy atom. The Kier molecular flexibility index (Phi) is 3.08. The van der Waals surface area contributed by atoms with Gasteiger partial charge >= 0.3 is 5.97 Å². The Bertz CT molecular complexity index is 292. The molecule has 0 saturated carbocycles. The molecule has 1 aromatic heterocycles. The molecule has 0 spiro atoms. The first-order valence-corrected chi connectivity index (χ1v) is 3.83. The van der Waals surface area contributed by atoms with E-state index in [4.69, 9.17) is 5.11 Å². The third-order valence-corrected chi connectivity index (χ3v) is 1.42. The second kappa shape index (κ2) is 4.30. The Morgan fingerprint density at radius 3 is 2.38 bits per heavy atom. The number of carboxylic acids is 1. The van der Waals surface area contributed by atoms with E-state index in [-0.39, 0.29) is 18.7 Å². The molecule has 0 aliphatic rings. The lowest BCUT2D eigenvalue weighted by atomic mass is 10.3. The second-order valence-corrected chi connectivity index (χ2v) is 2.52. The van der Waals surface area contributed by atoms with Crippen LogP contribution in [0.3, 0.4) is 0 Å². The van der Waals surface area contributed by atoms with Gasteiger partial charge in [-0.05, 0) is 12.1 Å². The Hall–Kier alpha value is -1.78. The summed E-state index contributed by atoms with van der Waals surface area (Å²) >= 11 is 0. The summed E-state index contributed by atoms with van der Waals surface area (Å²) in [5.74, 6) is -1.28. The van der Waals surface area contributed by atoms with Gasteiger partial charge in [0, 0.05) is 18.8 Å². The van der Waals surface area contributed by atoms with Crippen LogP contribution in [0, 0.1) is 0 Å². The van der Waals surface area contributed by atoms with Crippen LogP contribution in [0.25, 0.3) is 0 Å². The van der Waals surface area contributed by atoms with Crippen LogP contribution in [-0.4, -0.2) is 21.7 Å². The molecule has 1 amide bonds. The number of hydrogen-bond acceptors (Lipinski definition) is 2. The third kappa shape index (κ3) is 3.42. The number of aliphatic carboxylic acids is 1. The fourth-order valence-corrected chi connectivity index (χ4v) is 0.829. The van der Waals surface area contributed by atoms with Gasteiger partial charge in [0.2, 0.25) is 5.91 Å². The Balaban J connectivity index is 2.30. The van der Waals surface area contributed by atoms with Crippen LogP contribution in [0.4, 0.5) is 0 Å². The van der Waals surface area contributed by atoms with Gasteiger partial charge in [-0.1, -0.05) is 0 Å². The van der Waals surface area contributed by atoms with Crippen molar-refractivity contribution in [3.05, 3.63) is 24.5 Å². The highest BCUT2D eigenvalue weighted by atomic mass is 16.4. The van der Waals surface area contributed by atoms with Crippen LogP contribution in [-0.2, 0) is 9.59 Å². The van der Waals surface area contributed by atoms with Crippen LogP contribution in [0.1, 0.15) is 12.8 Å². The van der Waals surface area contributed by atoms with Crippen molar-refractivity contribution in [1.82, 2.24) is 4.68 Å². The average molecular weight is 182 g/mol. The van der Waals surface area contributed by atoms with E-state index in [1.54, 1.807) is 24.5 Å². The topological polar surface area (TPSA) is 71.3 Å². The summed E-state index contributed by atoms with van der Waals surface area (Å²) in [5.41, 5.74) is 2.49. The molecule has 2 N–H and O–H groups in total. The molecule has 5 nitrogen and oxygen atoms in total. The monoisotopic (exact) mass is 182 g/mol. The Labute approximate surface area is 74.9 Å². The SMILES string of the molecule is O=C(O)CCC(=O)Nn1cccc1. The van der Waals surface area contributed by atoms with E-state index in [2.05, 4.69) is 5.43 Å². The van der Waals surface area contributed by atoms with Crippen LogP contribution in [0.15, 0.2) is 24.5 Å². The van der Waals surface area contributed by atoms with Crippen molar-refractivity contribution in [1.29, 1.82) is 0 Å². The zero-order valence-electron chi connectivity index (χ0n) is 6.93. The summed E-state index contributed by atoms with van der Waals surface area (Å²) in [5, 5.41) is 8.30. The fraction of sp³-hybridized carbons (Fsp3) is 0.250. The molecular formula is C8H10N2O3. The molecule has 1 heterocycles. The highest BCUT2D eigenvalue weighted by molar-refractivity contribution is 5.86. The van der Waals surface area contributed by atoms with Gasteiger partial charge in [-0.2, -0.15) is 0 Å². The number of carbonyl (C=O) groups excluding carboxylic acids is 1. The molecular weight excluding hydrogens is 172 g/mol. The van der Waals surface area contributed by atoms with Crippen molar-refractivity contribution in [2.75, 3.05) is 5.43 Å². The summed E-state index contributed by atoms with van der Waals surface area (Å²) in [7, 11) is 0. The first kappa shape index (κ1) is 9.31. The standard InChI is InChI=1S/C8H10N2O3/c11-7(3-4-8(12)13)9-10-5-1-2-6-10/h1-2,5-6H,3-4H2,(H,9,11)(H,12,13).